The average Bonchev–Trinajstić information content (AvgIpc) is 2.35. The highest BCUT2D eigenvalue weighted by Crippen LogP contribution is 2.31. The smallest absolute Gasteiger partial charge is 0.230 e. The lowest BCUT2D eigenvalue weighted by Crippen LogP contribution is -2.41. The third-order valence-corrected chi connectivity index (χ3v) is 3.02. The van der Waals surface area contributed by atoms with Gasteiger partial charge < -0.3 is 10.1 Å². The molecule has 18 heavy (non-hydrogen) atoms. The van der Waals surface area contributed by atoms with Crippen LogP contribution in [0.2, 0.25) is 0 Å². The third kappa shape index (κ3) is 3.25. The summed E-state index contributed by atoms with van der Waals surface area (Å²) in [7, 11) is 1.63. The Morgan fingerprint density at radius 1 is 1.33 bits per heavy atom. The Kier molecular flexibility index (Phi) is 4.76. The van der Waals surface area contributed by atoms with Gasteiger partial charge in [0.15, 0.2) is 0 Å². The van der Waals surface area contributed by atoms with Crippen molar-refractivity contribution < 1.29 is 9.53 Å². The lowest BCUT2D eigenvalue weighted by molar-refractivity contribution is -0.125. The molecule has 3 heteroatoms. The number of benzene rings is 1. The lowest BCUT2D eigenvalue weighted by Gasteiger charge is -2.26. The normalized spacial score (nSPS) is 11.4. The number of rotatable bonds is 5. The summed E-state index contributed by atoms with van der Waals surface area (Å²) in [6.45, 7) is 8.69. The molecule has 3 nitrogen and oxygen atoms in total. The van der Waals surface area contributed by atoms with E-state index in [9.17, 15) is 4.79 Å². The van der Waals surface area contributed by atoms with E-state index < -0.39 is 5.41 Å². The van der Waals surface area contributed by atoms with E-state index in [1.165, 1.54) is 0 Å². The molecule has 1 N–H and O–H groups in total. The zero-order chi connectivity index (χ0) is 13.8. The van der Waals surface area contributed by atoms with Crippen LogP contribution in [0.1, 0.15) is 33.3 Å². The highest BCUT2D eigenvalue weighted by molar-refractivity contribution is 5.88. The van der Waals surface area contributed by atoms with Crippen LogP contribution < -0.4 is 10.1 Å². The Bertz CT molecular complexity index is 411. The van der Waals surface area contributed by atoms with Crippen molar-refractivity contribution in [1.82, 2.24) is 5.32 Å². The maximum atomic E-state index is 12.3. The molecule has 1 aromatic carbocycles. The Morgan fingerprint density at radius 3 is 2.50 bits per heavy atom. The predicted molar refractivity (Wildman–Crippen MR) is 73.9 cm³/mol. The Labute approximate surface area is 110 Å². The van der Waals surface area contributed by atoms with Crippen molar-refractivity contribution in [2.75, 3.05) is 13.7 Å². The van der Waals surface area contributed by atoms with Gasteiger partial charge in [0.1, 0.15) is 5.75 Å². The molecule has 100 valence electrons. The minimum atomic E-state index is -0.596. The van der Waals surface area contributed by atoms with Gasteiger partial charge in [0.05, 0.1) is 12.5 Å². The highest BCUT2D eigenvalue weighted by atomic mass is 16.5. The number of carbonyl (C=O) groups excluding carboxylic acids is 1. The first kappa shape index (κ1) is 14.6. The summed E-state index contributed by atoms with van der Waals surface area (Å²) in [5.74, 6) is 1.23. The maximum absolute atomic E-state index is 12.3. The summed E-state index contributed by atoms with van der Waals surface area (Å²) in [4.78, 5) is 12.3. The Balaban J connectivity index is 2.94. The van der Waals surface area contributed by atoms with Crippen LogP contribution in [0.5, 0.6) is 5.75 Å². The van der Waals surface area contributed by atoms with Gasteiger partial charge in [-0.15, -0.1) is 0 Å². The SMILES string of the molecule is COc1ccccc1C(C)(C)C(=O)NCC(C)C. The van der Waals surface area contributed by atoms with Crippen molar-refractivity contribution in [2.45, 2.75) is 33.1 Å². The van der Waals surface area contributed by atoms with Gasteiger partial charge in [-0.2, -0.15) is 0 Å². The van der Waals surface area contributed by atoms with Gasteiger partial charge in [0.2, 0.25) is 5.91 Å². The number of ether oxygens (including phenoxy) is 1. The van der Waals surface area contributed by atoms with Crippen LogP contribution in [0.4, 0.5) is 0 Å². The minimum Gasteiger partial charge on any atom is -0.496 e. The topological polar surface area (TPSA) is 38.3 Å². The molecule has 0 saturated carbocycles. The average molecular weight is 249 g/mol. The summed E-state index contributed by atoms with van der Waals surface area (Å²) in [5.41, 5.74) is 0.315. The molecule has 1 aromatic rings. The molecule has 0 aliphatic carbocycles. The fraction of sp³-hybridized carbons (Fsp3) is 0.533. The molecule has 0 spiro atoms. The van der Waals surface area contributed by atoms with Crippen molar-refractivity contribution in [3.63, 3.8) is 0 Å². The molecule has 0 aromatic heterocycles. The molecule has 0 fully saturated rings. The fourth-order valence-electron chi connectivity index (χ4n) is 1.80. The molecule has 1 amide bonds. The van der Waals surface area contributed by atoms with E-state index in [0.717, 1.165) is 11.3 Å². The highest BCUT2D eigenvalue weighted by Gasteiger charge is 2.32. The van der Waals surface area contributed by atoms with E-state index >= 15 is 0 Å². The van der Waals surface area contributed by atoms with Gasteiger partial charge in [0, 0.05) is 12.1 Å². The van der Waals surface area contributed by atoms with Gasteiger partial charge in [-0.25, -0.2) is 0 Å². The molecule has 1 rings (SSSR count). The van der Waals surface area contributed by atoms with Crippen molar-refractivity contribution in [2.24, 2.45) is 5.92 Å². The monoisotopic (exact) mass is 249 g/mol. The molecular formula is C15H23NO2. The first-order valence-corrected chi connectivity index (χ1v) is 6.31. The van der Waals surface area contributed by atoms with E-state index in [2.05, 4.69) is 19.2 Å². The van der Waals surface area contributed by atoms with Crippen LogP contribution in [-0.4, -0.2) is 19.6 Å². The standard InChI is InChI=1S/C15H23NO2/c1-11(2)10-16-14(17)15(3,4)12-8-6-7-9-13(12)18-5/h6-9,11H,10H2,1-5H3,(H,16,17). The summed E-state index contributed by atoms with van der Waals surface area (Å²) in [6, 6.07) is 7.65. The van der Waals surface area contributed by atoms with Crippen LogP contribution in [0.15, 0.2) is 24.3 Å². The summed E-state index contributed by atoms with van der Waals surface area (Å²) >= 11 is 0. The second kappa shape index (κ2) is 5.89. The van der Waals surface area contributed by atoms with Crippen LogP contribution >= 0.6 is 0 Å². The number of hydrogen-bond donors (Lipinski definition) is 1. The second-order valence-corrected chi connectivity index (χ2v) is 5.43. The lowest BCUT2D eigenvalue weighted by atomic mass is 9.83. The van der Waals surface area contributed by atoms with E-state index in [0.29, 0.717) is 12.5 Å². The Hall–Kier alpha value is -1.51. The third-order valence-electron chi connectivity index (χ3n) is 3.02. The van der Waals surface area contributed by atoms with Crippen LogP contribution in [0.3, 0.4) is 0 Å². The van der Waals surface area contributed by atoms with Crippen LogP contribution in [0.25, 0.3) is 0 Å². The zero-order valence-electron chi connectivity index (χ0n) is 11.9. The first-order valence-electron chi connectivity index (χ1n) is 6.31. The largest absolute Gasteiger partial charge is 0.496 e. The molecule has 0 unspecified atom stereocenters. The molecule has 0 atom stereocenters. The van der Waals surface area contributed by atoms with Crippen molar-refractivity contribution in [3.8, 4) is 5.75 Å². The van der Waals surface area contributed by atoms with E-state index in [1.807, 2.05) is 38.1 Å². The molecular weight excluding hydrogens is 226 g/mol. The fourth-order valence-corrected chi connectivity index (χ4v) is 1.80. The van der Waals surface area contributed by atoms with Gasteiger partial charge in [-0.1, -0.05) is 32.0 Å². The predicted octanol–water partition coefficient (Wildman–Crippen LogP) is 2.75. The van der Waals surface area contributed by atoms with Crippen molar-refractivity contribution in [3.05, 3.63) is 29.8 Å². The number of amides is 1. The van der Waals surface area contributed by atoms with Gasteiger partial charge in [-0.3, -0.25) is 4.79 Å². The molecule has 0 aliphatic rings. The van der Waals surface area contributed by atoms with E-state index in [4.69, 9.17) is 4.74 Å². The number of hydrogen-bond acceptors (Lipinski definition) is 2. The maximum Gasteiger partial charge on any atom is 0.230 e. The second-order valence-electron chi connectivity index (χ2n) is 5.43. The summed E-state index contributed by atoms with van der Waals surface area (Å²) < 4.78 is 5.33. The minimum absolute atomic E-state index is 0.0284. The summed E-state index contributed by atoms with van der Waals surface area (Å²) in [5, 5.41) is 2.98. The zero-order valence-corrected chi connectivity index (χ0v) is 11.9. The molecule has 0 radical (unpaired) electrons. The molecule has 0 aliphatic heterocycles. The van der Waals surface area contributed by atoms with Crippen LogP contribution in [-0.2, 0) is 10.2 Å². The van der Waals surface area contributed by atoms with Crippen molar-refractivity contribution in [1.29, 1.82) is 0 Å². The quantitative estimate of drug-likeness (QED) is 0.871. The molecule has 0 saturated heterocycles. The number of para-hydroxylation sites is 1. The van der Waals surface area contributed by atoms with Gasteiger partial charge >= 0.3 is 0 Å². The number of methoxy groups -OCH3 is 1. The van der Waals surface area contributed by atoms with Crippen molar-refractivity contribution >= 4 is 5.91 Å². The number of carbonyl (C=O) groups is 1. The van der Waals surface area contributed by atoms with E-state index in [1.54, 1.807) is 7.11 Å². The first-order chi connectivity index (χ1) is 8.39. The molecule has 0 bridgehead atoms. The van der Waals surface area contributed by atoms with Gasteiger partial charge in [-0.05, 0) is 25.8 Å². The van der Waals surface area contributed by atoms with Gasteiger partial charge in [0.25, 0.3) is 0 Å². The summed E-state index contributed by atoms with van der Waals surface area (Å²) in [6.07, 6.45) is 0. The van der Waals surface area contributed by atoms with E-state index in [-0.39, 0.29) is 5.91 Å². The number of nitrogens with one attached hydrogen (secondary N) is 1. The molecule has 0 heterocycles. The Morgan fingerprint density at radius 2 is 1.94 bits per heavy atom. The van der Waals surface area contributed by atoms with Crippen LogP contribution in [0, 0.1) is 5.92 Å².